The molecule has 0 spiro atoms. The van der Waals surface area contributed by atoms with Gasteiger partial charge in [-0.2, -0.15) is 16.9 Å². The highest BCUT2D eigenvalue weighted by Gasteiger charge is 2.35. The van der Waals surface area contributed by atoms with E-state index in [9.17, 15) is 4.79 Å². The monoisotopic (exact) mass is 310 g/mol. The molecule has 0 unspecified atom stereocenters. The summed E-state index contributed by atoms with van der Waals surface area (Å²) in [5.74, 6) is 1.02. The highest BCUT2D eigenvalue weighted by molar-refractivity contribution is 7.98. The Labute approximate surface area is 131 Å². The van der Waals surface area contributed by atoms with Crippen LogP contribution < -0.4 is 5.73 Å². The van der Waals surface area contributed by atoms with Gasteiger partial charge in [0.15, 0.2) is 0 Å². The van der Waals surface area contributed by atoms with E-state index in [1.54, 1.807) is 11.8 Å². The van der Waals surface area contributed by atoms with Gasteiger partial charge in [-0.25, -0.2) is 0 Å². The highest BCUT2D eigenvalue weighted by atomic mass is 32.2. The molecule has 0 bridgehead atoms. The van der Waals surface area contributed by atoms with E-state index in [0.717, 1.165) is 42.9 Å². The molecule has 1 aromatic rings. The van der Waals surface area contributed by atoms with Crippen LogP contribution in [-0.2, 0) is 11.8 Å². The van der Waals surface area contributed by atoms with E-state index >= 15 is 0 Å². The molecule has 1 saturated heterocycles. The molecular weight excluding hydrogens is 284 g/mol. The van der Waals surface area contributed by atoms with Crippen LogP contribution in [0.5, 0.6) is 0 Å². The van der Waals surface area contributed by atoms with Gasteiger partial charge in [-0.15, -0.1) is 0 Å². The Morgan fingerprint density at radius 3 is 2.81 bits per heavy atom. The summed E-state index contributed by atoms with van der Waals surface area (Å²) in [6, 6.07) is -0.234. The molecular formula is C15H26N4OS. The molecule has 6 heteroatoms. The number of aromatic nitrogens is 2. The Kier molecular flexibility index (Phi) is 5.32. The Hall–Kier alpha value is -1.01. The Morgan fingerprint density at radius 2 is 2.24 bits per heavy atom. The van der Waals surface area contributed by atoms with Gasteiger partial charge in [-0.3, -0.25) is 9.48 Å². The number of thioether (sulfide) groups is 1. The molecule has 2 atom stereocenters. The smallest absolute Gasteiger partial charge is 0.240 e. The highest BCUT2D eigenvalue weighted by Crippen LogP contribution is 2.35. The molecule has 2 N–H and O–H groups in total. The maximum atomic E-state index is 12.6. The summed E-state index contributed by atoms with van der Waals surface area (Å²) < 4.78 is 1.90. The molecule has 1 amide bonds. The number of amides is 1. The fourth-order valence-corrected chi connectivity index (χ4v) is 3.67. The van der Waals surface area contributed by atoms with E-state index in [2.05, 4.69) is 12.0 Å². The third-order valence-corrected chi connectivity index (χ3v) is 5.03. The predicted octanol–water partition coefficient (Wildman–Crippen LogP) is 1.78. The molecule has 1 aliphatic heterocycles. The third kappa shape index (κ3) is 3.26. The average molecular weight is 310 g/mol. The summed E-state index contributed by atoms with van der Waals surface area (Å²) in [6.07, 6.45) is 4.83. The third-order valence-electron chi connectivity index (χ3n) is 4.38. The van der Waals surface area contributed by atoms with Crippen LogP contribution in [-0.4, -0.2) is 45.2 Å². The summed E-state index contributed by atoms with van der Waals surface area (Å²) in [5, 5.41) is 4.49. The lowest BCUT2D eigenvalue weighted by molar-refractivity contribution is -0.133. The number of hydrogen-bond acceptors (Lipinski definition) is 4. The van der Waals surface area contributed by atoms with Gasteiger partial charge in [0.25, 0.3) is 0 Å². The van der Waals surface area contributed by atoms with Crippen molar-refractivity contribution < 1.29 is 4.79 Å². The first-order valence-electron chi connectivity index (χ1n) is 7.52. The lowest BCUT2D eigenvalue weighted by Crippen LogP contribution is -2.43. The van der Waals surface area contributed by atoms with Gasteiger partial charge < -0.3 is 10.6 Å². The Morgan fingerprint density at radius 1 is 1.52 bits per heavy atom. The molecule has 0 saturated carbocycles. The van der Waals surface area contributed by atoms with Crippen molar-refractivity contribution >= 4 is 17.7 Å². The lowest BCUT2D eigenvalue weighted by atomic mass is 10.0. The van der Waals surface area contributed by atoms with Crippen LogP contribution >= 0.6 is 11.8 Å². The van der Waals surface area contributed by atoms with Gasteiger partial charge >= 0.3 is 0 Å². The second-order valence-corrected chi connectivity index (χ2v) is 6.77. The second kappa shape index (κ2) is 6.83. The average Bonchev–Trinajstić information content (AvgIpc) is 3.01. The first-order valence-corrected chi connectivity index (χ1v) is 8.91. The van der Waals surface area contributed by atoms with Gasteiger partial charge in [0.1, 0.15) is 0 Å². The number of carbonyl (C=O) groups excluding carboxylic acids is 1. The number of carbonyl (C=O) groups is 1. The second-order valence-electron chi connectivity index (χ2n) is 5.79. The normalized spacial score (nSPS) is 20.0. The molecule has 21 heavy (non-hydrogen) atoms. The first-order chi connectivity index (χ1) is 9.97. The van der Waals surface area contributed by atoms with Gasteiger partial charge in [-0.1, -0.05) is 0 Å². The van der Waals surface area contributed by atoms with Crippen molar-refractivity contribution in [3.8, 4) is 0 Å². The van der Waals surface area contributed by atoms with Crippen LogP contribution in [0, 0.1) is 13.8 Å². The number of nitrogens with two attached hydrogens (primary N) is 1. The molecule has 0 aliphatic carbocycles. The SMILES string of the molecule is CSCC[C@@H](N)C(=O)N1CCC[C@@H]1c1c(C)nn(C)c1C. The maximum Gasteiger partial charge on any atom is 0.240 e. The van der Waals surface area contributed by atoms with Crippen LogP contribution in [0.15, 0.2) is 0 Å². The van der Waals surface area contributed by atoms with Crippen LogP contribution in [0.1, 0.15) is 42.3 Å². The zero-order valence-corrected chi connectivity index (χ0v) is 14.2. The zero-order valence-electron chi connectivity index (χ0n) is 13.4. The number of hydrogen-bond donors (Lipinski definition) is 1. The number of aryl methyl sites for hydroxylation is 2. The van der Waals surface area contributed by atoms with Crippen LogP contribution in [0.2, 0.25) is 0 Å². The minimum atomic E-state index is -0.379. The quantitative estimate of drug-likeness (QED) is 0.900. The van der Waals surface area contributed by atoms with Crippen molar-refractivity contribution in [1.29, 1.82) is 0 Å². The van der Waals surface area contributed by atoms with E-state index in [0.29, 0.717) is 0 Å². The molecule has 1 aromatic heterocycles. The number of nitrogens with zero attached hydrogens (tertiary/aromatic N) is 3. The molecule has 0 aromatic carbocycles. The van der Waals surface area contributed by atoms with Gasteiger partial charge in [0, 0.05) is 24.8 Å². The van der Waals surface area contributed by atoms with E-state index < -0.39 is 0 Å². The predicted molar refractivity (Wildman–Crippen MR) is 87.3 cm³/mol. The molecule has 2 rings (SSSR count). The Balaban J connectivity index is 2.18. The number of rotatable bonds is 5. The fourth-order valence-electron chi connectivity index (χ4n) is 3.18. The summed E-state index contributed by atoms with van der Waals surface area (Å²) >= 11 is 1.73. The van der Waals surface area contributed by atoms with E-state index in [1.807, 2.05) is 29.8 Å². The maximum absolute atomic E-state index is 12.6. The summed E-state index contributed by atoms with van der Waals surface area (Å²) in [6.45, 7) is 4.91. The van der Waals surface area contributed by atoms with E-state index in [4.69, 9.17) is 5.73 Å². The van der Waals surface area contributed by atoms with E-state index in [-0.39, 0.29) is 18.0 Å². The van der Waals surface area contributed by atoms with Crippen LogP contribution in [0.3, 0.4) is 0 Å². The van der Waals surface area contributed by atoms with Crippen molar-refractivity contribution in [2.75, 3.05) is 18.6 Å². The minimum Gasteiger partial charge on any atom is -0.334 e. The number of likely N-dealkylation sites (tertiary alicyclic amines) is 1. The van der Waals surface area contributed by atoms with Gasteiger partial charge in [-0.05, 0) is 45.1 Å². The van der Waals surface area contributed by atoms with Crippen molar-refractivity contribution in [1.82, 2.24) is 14.7 Å². The molecule has 2 heterocycles. The minimum absolute atomic E-state index is 0.0919. The summed E-state index contributed by atoms with van der Waals surface area (Å²) in [4.78, 5) is 14.6. The first kappa shape index (κ1) is 16.4. The molecule has 1 fully saturated rings. The standard InChI is InChI=1S/C15H26N4OS/c1-10-14(11(2)18(3)17-10)13-6-5-8-19(13)15(20)12(16)7-9-21-4/h12-13H,5-9,16H2,1-4H3/t12-,13-/m1/s1. The summed E-state index contributed by atoms with van der Waals surface area (Å²) in [5.41, 5.74) is 9.46. The zero-order chi connectivity index (χ0) is 15.6. The van der Waals surface area contributed by atoms with E-state index in [1.165, 1.54) is 5.56 Å². The lowest BCUT2D eigenvalue weighted by Gasteiger charge is -2.28. The van der Waals surface area contributed by atoms with Crippen molar-refractivity contribution in [2.24, 2.45) is 12.8 Å². The molecule has 0 radical (unpaired) electrons. The topological polar surface area (TPSA) is 64.2 Å². The van der Waals surface area contributed by atoms with Crippen molar-refractivity contribution in [2.45, 2.75) is 45.2 Å². The molecule has 5 nitrogen and oxygen atoms in total. The molecule has 118 valence electrons. The van der Waals surface area contributed by atoms with Crippen LogP contribution in [0.4, 0.5) is 0 Å². The Bertz CT molecular complexity index is 514. The van der Waals surface area contributed by atoms with Crippen molar-refractivity contribution in [3.63, 3.8) is 0 Å². The largest absolute Gasteiger partial charge is 0.334 e. The van der Waals surface area contributed by atoms with Crippen molar-refractivity contribution in [3.05, 3.63) is 17.0 Å². The van der Waals surface area contributed by atoms with Gasteiger partial charge in [0.2, 0.25) is 5.91 Å². The molecule has 1 aliphatic rings. The van der Waals surface area contributed by atoms with Gasteiger partial charge in [0.05, 0.1) is 17.8 Å². The van der Waals surface area contributed by atoms with Crippen LogP contribution in [0.25, 0.3) is 0 Å². The fraction of sp³-hybridized carbons (Fsp3) is 0.733. The summed E-state index contributed by atoms with van der Waals surface area (Å²) in [7, 11) is 1.96.